The largest absolute Gasteiger partial charge is 0.480 e. The highest BCUT2D eigenvalue weighted by molar-refractivity contribution is 7.93. The van der Waals surface area contributed by atoms with Crippen molar-refractivity contribution in [1.82, 2.24) is 4.90 Å². The van der Waals surface area contributed by atoms with Crippen LogP contribution >= 0.6 is 12.4 Å². The Bertz CT molecular complexity index is 1600. The third kappa shape index (κ3) is 5.68. The zero-order chi connectivity index (χ0) is 28.7. The van der Waals surface area contributed by atoms with Crippen molar-refractivity contribution in [2.75, 3.05) is 6.54 Å². The molecule has 2 fully saturated rings. The number of hydrogen-bond acceptors (Lipinski definition) is 6. The first-order valence-electron chi connectivity index (χ1n) is 13.5. The van der Waals surface area contributed by atoms with Gasteiger partial charge in [-0.05, 0) is 59.2 Å². The molecule has 1 aliphatic heterocycles. The molecule has 3 aromatic rings. The Morgan fingerprint density at radius 1 is 0.976 bits per heavy atom. The summed E-state index contributed by atoms with van der Waals surface area (Å²) in [5.74, 6) is -2.03. The quantitative estimate of drug-likeness (QED) is 0.237. The molecule has 1 aliphatic carbocycles. The van der Waals surface area contributed by atoms with E-state index in [0.29, 0.717) is 16.5 Å². The van der Waals surface area contributed by atoms with Crippen LogP contribution in [-0.2, 0) is 25.8 Å². The number of hydrogen-bond donors (Lipinski definition) is 4. The smallest absolute Gasteiger partial charge is 0.326 e. The van der Waals surface area contributed by atoms with Crippen LogP contribution in [0.5, 0.6) is 0 Å². The molecule has 0 aromatic heterocycles. The first-order chi connectivity index (χ1) is 19.0. The van der Waals surface area contributed by atoms with Gasteiger partial charge in [-0.3, -0.25) is 10.2 Å². The number of halogens is 1. The number of nitrogen functional groups attached to an aromatic ring is 1. The zero-order valence-electron chi connectivity index (χ0n) is 22.5. The summed E-state index contributed by atoms with van der Waals surface area (Å²) in [7, 11) is -4.54. The molecule has 3 unspecified atom stereocenters. The number of fused-ring (bicyclic) bond motifs is 2. The van der Waals surface area contributed by atoms with Gasteiger partial charge >= 0.3 is 5.97 Å². The van der Waals surface area contributed by atoms with Crippen LogP contribution in [0.25, 0.3) is 10.8 Å². The Labute approximate surface area is 245 Å². The minimum Gasteiger partial charge on any atom is -0.480 e. The summed E-state index contributed by atoms with van der Waals surface area (Å²) in [4.78, 5) is 25.4. The van der Waals surface area contributed by atoms with E-state index in [4.69, 9.17) is 16.9 Å². The number of amidine groups is 1. The van der Waals surface area contributed by atoms with Crippen LogP contribution in [0, 0.1) is 17.2 Å². The normalized spacial score (nSPS) is 22.2. The van der Waals surface area contributed by atoms with E-state index in [1.807, 2.05) is 12.1 Å². The highest BCUT2D eigenvalue weighted by Gasteiger charge is 2.54. The van der Waals surface area contributed by atoms with E-state index in [0.717, 1.165) is 31.1 Å². The van der Waals surface area contributed by atoms with Crippen molar-refractivity contribution < 1.29 is 23.1 Å². The molecule has 1 amide bonds. The van der Waals surface area contributed by atoms with E-state index in [-0.39, 0.29) is 47.9 Å². The van der Waals surface area contributed by atoms with Gasteiger partial charge in [-0.25, -0.2) is 13.2 Å². The first-order valence-corrected chi connectivity index (χ1v) is 15.0. The predicted molar refractivity (Wildman–Crippen MR) is 160 cm³/mol. The molecule has 218 valence electrons. The summed E-state index contributed by atoms with van der Waals surface area (Å²) >= 11 is 0. The summed E-state index contributed by atoms with van der Waals surface area (Å²) in [5.41, 5.74) is 13.2. The predicted octanol–water partition coefficient (Wildman–Crippen LogP) is 3.71. The zero-order valence-corrected chi connectivity index (χ0v) is 24.2. The number of nitrogens with one attached hydrogen (secondary N) is 1. The average molecular weight is 599 g/mol. The lowest BCUT2D eigenvalue weighted by Gasteiger charge is -2.46. The molecule has 41 heavy (non-hydrogen) atoms. The van der Waals surface area contributed by atoms with E-state index < -0.39 is 39.0 Å². The monoisotopic (exact) mass is 598 g/mol. The lowest BCUT2D eigenvalue weighted by atomic mass is 9.72. The lowest BCUT2D eigenvalue weighted by molar-refractivity contribution is -0.156. The van der Waals surface area contributed by atoms with Crippen molar-refractivity contribution in [1.29, 1.82) is 5.41 Å². The molecule has 5 rings (SSSR count). The van der Waals surface area contributed by atoms with Crippen LogP contribution in [0.2, 0.25) is 0 Å². The fourth-order valence-corrected chi connectivity index (χ4v) is 7.97. The summed E-state index contributed by atoms with van der Waals surface area (Å²) < 4.78 is 28.8. The summed E-state index contributed by atoms with van der Waals surface area (Å²) in [5, 5.41) is 19.4. The van der Waals surface area contributed by atoms with Gasteiger partial charge in [-0.15, -0.1) is 12.4 Å². The fraction of sp³-hybridized carbons (Fsp3) is 0.367. The number of carbonyl (C=O) groups excluding carboxylic acids is 1. The number of carboxylic acids is 1. The number of benzene rings is 3. The Balaban J connectivity index is 0.00000387. The van der Waals surface area contributed by atoms with Gasteiger partial charge in [0, 0.05) is 18.5 Å². The topological polar surface area (TPSA) is 168 Å². The van der Waals surface area contributed by atoms with Gasteiger partial charge in [0.25, 0.3) is 5.91 Å². The number of carboxylic acid groups (broad SMARTS) is 1. The van der Waals surface area contributed by atoms with Crippen LogP contribution in [0.1, 0.15) is 43.2 Å². The average Bonchev–Trinajstić information content (AvgIpc) is 2.95. The number of likely N-dealkylation sites (tertiary alicyclic amines) is 1. The van der Waals surface area contributed by atoms with Crippen LogP contribution in [0.4, 0.5) is 0 Å². The second kappa shape index (κ2) is 11.8. The van der Waals surface area contributed by atoms with E-state index in [2.05, 4.69) is 0 Å². The van der Waals surface area contributed by atoms with E-state index in [1.54, 1.807) is 36.4 Å². The maximum absolute atomic E-state index is 14.4. The Morgan fingerprint density at radius 2 is 1.66 bits per heavy atom. The number of nitrogens with two attached hydrogens (primary N) is 2. The number of carbonyl (C=O) groups is 2. The molecule has 1 saturated heterocycles. The summed E-state index contributed by atoms with van der Waals surface area (Å²) in [6.07, 6.45) is 3.62. The van der Waals surface area contributed by atoms with Crippen LogP contribution in [0.3, 0.4) is 0 Å². The molecular weight excluding hydrogens is 564 g/mol. The van der Waals surface area contributed by atoms with Crippen molar-refractivity contribution in [3.8, 4) is 0 Å². The molecular formula is C30H35ClN4O5S. The second-order valence-corrected chi connectivity index (χ2v) is 13.3. The van der Waals surface area contributed by atoms with E-state index >= 15 is 0 Å². The van der Waals surface area contributed by atoms with E-state index in [9.17, 15) is 23.1 Å². The first kappa shape index (κ1) is 30.5. The molecule has 0 spiro atoms. The molecule has 0 bridgehead atoms. The summed E-state index contributed by atoms with van der Waals surface area (Å²) in [6.45, 7) is 0.153. The van der Waals surface area contributed by atoms with Crippen LogP contribution < -0.4 is 11.5 Å². The molecule has 4 atom stereocenters. The molecule has 11 heteroatoms. The second-order valence-electron chi connectivity index (χ2n) is 11.0. The maximum atomic E-state index is 14.4. The third-order valence-electron chi connectivity index (χ3n) is 8.52. The molecule has 2 aliphatic rings. The van der Waals surface area contributed by atoms with Gasteiger partial charge < -0.3 is 21.5 Å². The lowest BCUT2D eigenvalue weighted by Crippen LogP contribution is -2.66. The Kier molecular flexibility index (Phi) is 8.77. The summed E-state index contributed by atoms with van der Waals surface area (Å²) in [6, 6.07) is 17.1. The van der Waals surface area contributed by atoms with Crippen molar-refractivity contribution in [3.05, 3.63) is 77.9 Å². The number of sulfone groups is 1. The molecule has 9 nitrogen and oxygen atoms in total. The standard InChI is InChI=1S/C30H34N4O5S.ClH/c31-27(32)23-11-5-6-19(14-23)17-30(33,40(38,39)25-13-12-20-7-1-2-8-21(20)15-25)29(37)34-18-24-10-4-3-9-22(24)16-26(34)28(35)36;/h1-2,5-8,11-15,22,24,26H,3-4,9-10,16-18,33H2,(H3,31,32)(H,35,36);1H/t22?,24?,26?,30-;/m1./s1. The van der Waals surface area contributed by atoms with Crippen molar-refractivity contribution in [2.45, 2.75) is 54.3 Å². The highest BCUT2D eigenvalue weighted by Crippen LogP contribution is 2.40. The number of piperidine rings is 1. The maximum Gasteiger partial charge on any atom is 0.326 e. The Hall–Kier alpha value is -3.47. The number of nitrogens with zero attached hydrogens (tertiary/aromatic N) is 1. The van der Waals surface area contributed by atoms with Crippen LogP contribution in [-0.4, -0.2) is 53.6 Å². The molecule has 6 N–H and O–H groups in total. The molecule has 3 aromatic carbocycles. The van der Waals surface area contributed by atoms with Crippen molar-refractivity contribution in [3.63, 3.8) is 0 Å². The van der Waals surface area contributed by atoms with Gasteiger partial charge in [0.2, 0.25) is 14.7 Å². The third-order valence-corrected chi connectivity index (χ3v) is 10.7. The van der Waals surface area contributed by atoms with Crippen LogP contribution in [0.15, 0.2) is 71.6 Å². The number of rotatable bonds is 7. The molecule has 0 radical (unpaired) electrons. The van der Waals surface area contributed by atoms with E-state index in [1.165, 1.54) is 23.1 Å². The van der Waals surface area contributed by atoms with Gasteiger partial charge in [0.05, 0.1) is 4.90 Å². The van der Waals surface area contributed by atoms with Gasteiger partial charge in [-0.2, -0.15) is 0 Å². The number of amides is 1. The van der Waals surface area contributed by atoms with Gasteiger partial charge in [-0.1, -0.05) is 67.8 Å². The van der Waals surface area contributed by atoms with Crippen molar-refractivity contribution in [2.24, 2.45) is 23.3 Å². The van der Waals surface area contributed by atoms with Gasteiger partial charge in [0.15, 0.2) is 0 Å². The van der Waals surface area contributed by atoms with Gasteiger partial charge in [0.1, 0.15) is 11.9 Å². The number of aliphatic carboxylic acids is 1. The Morgan fingerprint density at radius 3 is 2.34 bits per heavy atom. The minimum atomic E-state index is -4.54. The molecule has 1 saturated carbocycles. The fourth-order valence-electron chi connectivity index (χ4n) is 6.31. The SMILES string of the molecule is Cl.N=C(N)c1cccc(C[C@](N)(C(=O)N2CC3CCCCC3CC2C(=O)O)S(=O)(=O)c2ccc3ccccc3c2)c1. The highest BCUT2D eigenvalue weighted by atomic mass is 35.5. The van der Waals surface area contributed by atoms with Crippen molar-refractivity contribution >= 4 is 50.7 Å². The minimum absolute atomic E-state index is 0. The molecule has 1 heterocycles.